The van der Waals surface area contributed by atoms with Gasteiger partial charge in [-0.25, -0.2) is 0 Å². The van der Waals surface area contributed by atoms with E-state index in [4.69, 9.17) is 0 Å². The Morgan fingerprint density at radius 2 is 2.00 bits per heavy atom. The lowest BCUT2D eigenvalue weighted by Gasteiger charge is -1.98. The van der Waals surface area contributed by atoms with E-state index in [2.05, 4.69) is 0 Å². The standard InChI is InChI=1S/C8H9O2P/c1-11(10)8-5-3-2-4-7(8)6-9/h2-6,11H,1H3. The third-order valence-electron chi connectivity index (χ3n) is 1.47. The van der Waals surface area contributed by atoms with Crippen molar-refractivity contribution >= 4 is 19.4 Å². The zero-order valence-electron chi connectivity index (χ0n) is 6.20. The van der Waals surface area contributed by atoms with Gasteiger partial charge in [0, 0.05) is 10.9 Å². The van der Waals surface area contributed by atoms with Gasteiger partial charge < -0.3 is 4.57 Å². The molecule has 0 saturated heterocycles. The van der Waals surface area contributed by atoms with Crippen LogP contribution in [0.3, 0.4) is 0 Å². The van der Waals surface area contributed by atoms with Gasteiger partial charge in [0.25, 0.3) is 0 Å². The van der Waals surface area contributed by atoms with Crippen LogP contribution in [0.2, 0.25) is 0 Å². The molecule has 0 aromatic heterocycles. The SMILES string of the molecule is C[PH](=O)c1ccccc1C=O. The van der Waals surface area contributed by atoms with E-state index in [0.717, 1.165) is 6.29 Å². The molecule has 0 aliphatic carbocycles. The maximum absolute atomic E-state index is 11.1. The highest BCUT2D eigenvalue weighted by Gasteiger charge is 2.01. The fourth-order valence-electron chi connectivity index (χ4n) is 0.920. The van der Waals surface area contributed by atoms with E-state index >= 15 is 0 Å². The first-order valence-electron chi connectivity index (χ1n) is 3.31. The molecule has 0 fully saturated rings. The van der Waals surface area contributed by atoms with Gasteiger partial charge in [-0.05, 0) is 6.66 Å². The van der Waals surface area contributed by atoms with E-state index in [1.165, 1.54) is 0 Å². The quantitative estimate of drug-likeness (QED) is 0.493. The highest BCUT2D eigenvalue weighted by Crippen LogP contribution is 2.14. The molecule has 0 spiro atoms. The molecule has 0 amide bonds. The van der Waals surface area contributed by atoms with Gasteiger partial charge in [-0.1, -0.05) is 24.3 Å². The van der Waals surface area contributed by atoms with Crippen LogP contribution < -0.4 is 5.30 Å². The minimum atomic E-state index is -1.74. The molecule has 1 unspecified atom stereocenters. The van der Waals surface area contributed by atoms with Gasteiger partial charge in [-0.3, -0.25) is 4.79 Å². The Morgan fingerprint density at radius 3 is 2.45 bits per heavy atom. The maximum atomic E-state index is 11.1. The van der Waals surface area contributed by atoms with Crippen LogP contribution >= 0.6 is 7.80 Å². The lowest BCUT2D eigenvalue weighted by Crippen LogP contribution is -2.02. The van der Waals surface area contributed by atoms with Crippen LogP contribution in [0, 0.1) is 0 Å². The predicted molar refractivity (Wildman–Crippen MR) is 46.4 cm³/mol. The number of aldehydes is 1. The van der Waals surface area contributed by atoms with Crippen LogP contribution in [0.4, 0.5) is 0 Å². The number of carbonyl (C=O) groups is 1. The topological polar surface area (TPSA) is 34.1 Å². The summed E-state index contributed by atoms with van der Waals surface area (Å²) in [6.07, 6.45) is 0.738. The van der Waals surface area contributed by atoms with Crippen molar-refractivity contribution in [2.75, 3.05) is 6.66 Å². The first-order valence-corrected chi connectivity index (χ1v) is 5.21. The van der Waals surface area contributed by atoms with E-state index in [-0.39, 0.29) is 0 Å². The molecule has 1 aromatic rings. The summed E-state index contributed by atoms with van der Waals surface area (Å²) in [4.78, 5) is 10.4. The third kappa shape index (κ3) is 1.78. The minimum absolute atomic E-state index is 0.541. The molecule has 0 aliphatic rings. The fourth-order valence-corrected chi connectivity index (χ4v) is 1.80. The first-order chi connectivity index (χ1) is 5.25. The van der Waals surface area contributed by atoms with Gasteiger partial charge in [0.2, 0.25) is 0 Å². The zero-order chi connectivity index (χ0) is 8.27. The minimum Gasteiger partial charge on any atom is -0.322 e. The molecule has 0 N–H and O–H groups in total. The highest BCUT2D eigenvalue weighted by molar-refractivity contribution is 7.52. The van der Waals surface area contributed by atoms with Crippen molar-refractivity contribution in [3.8, 4) is 0 Å². The number of rotatable bonds is 2. The van der Waals surface area contributed by atoms with E-state index in [1.54, 1.807) is 30.9 Å². The van der Waals surface area contributed by atoms with Crippen LogP contribution in [0.25, 0.3) is 0 Å². The second kappa shape index (κ2) is 3.49. The number of hydrogen-bond acceptors (Lipinski definition) is 2. The van der Waals surface area contributed by atoms with Gasteiger partial charge in [0.15, 0.2) is 6.29 Å². The van der Waals surface area contributed by atoms with Crippen LogP contribution in [-0.2, 0) is 4.57 Å². The summed E-state index contributed by atoms with van der Waals surface area (Å²) in [6, 6.07) is 6.95. The summed E-state index contributed by atoms with van der Waals surface area (Å²) < 4.78 is 11.1. The zero-order valence-corrected chi connectivity index (χ0v) is 7.20. The third-order valence-corrected chi connectivity index (χ3v) is 2.68. The van der Waals surface area contributed by atoms with Gasteiger partial charge in [0.05, 0.1) is 0 Å². The predicted octanol–water partition coefficient (Wildman–Crippen LogP) is 1.31. The fraction of sp³-hybridized carbons (Fsp3) is 0.125. The second-order valence-corrected chi connectivity index (χ2v) is 3.91. The lowest BCUT2D eigenvalue weighted by molar-refractivity contribution is 0.112. The smallest absolute Gasteiger partial charge is 0.150 e. The first kappa shape index (κ1) is 8.22. The van der Waals surface area contributed by atoms with Gasteiger partial charge in [-0.15, -0.1) is 0 Å². The van der Waals surface area contributed by atoms with Crippen molar-refractivity contribution in [2.45, 2.75) is 0 Å². The average molecular weight is 168 g/mol. The Morgan fingerprint density at radius 1 is 1.36 bits per heavy atom. The summed E-state index contributed by atoms with van der Waals surface area (Å²) in [7, 11) is -1.74. The van der Waals surface area contributed by atoms with Crippen molar-refractivity contribution in [1.82, 2.24) is 0 Å². The molecule has 0 saturated carbocycles. The molecule has 1 aromatic carbocycles. The molecule has 0 aliphatic heterocycles. The Balaban J connectivity index is 3.22. The molecule has 2 nitrogen and oxygen atoms in total. The summed E-state index contributed by atoms with van der Waals surface area (Å²) >= 11 is 0. The molecular formula is C8H9O2P. The average Bonchev–Trinajstić information content (AvgIpc) is 2.04. The Bertz CT molecular complexity index is 294. The molecule has 58 valence electrons. The van der Waals surface area contributed by atoms with Crippen molar-refractivity contribution in [2.24, 2.45) is 0 Å². The van der Waals surface area contributed by atoms with E-state index in [9.17, 15) is 9.36 Å². The highest BCUT2D eigenvalue weighted by atomic mass is 31.1. The largest absolute Gasteiger partial charge is 0.322 e. The normalized spacial score (nSPS) is 12.5. The van der Waals surface area contributed by atoms with Crippen molar-refractivity contribution in [3.63, 3.8) is 0 Å². The van der Waals surface area contributed by atoms with Crippen molar-refractivity contribution in [3.05, 3.63) is 29.8 Å². The van der Waals surface area contributed by atoms with Gasteiger partial charge in [-0.2, -0.15) is 0 Å². The summed E-state index contributed by atoms with van der Waals surface area (Å²) in [5, 5.41) is 0.674. The van der Waals surface area contributed by atoms with Crippen LogP contribution in [-0.4, -0.2) is 13.0 Å². The molecule has 3 heteroatoms. The number of hydrogen-bond donors (Lipinski definition) is 0. The number of carbonyl (C=O) groups excluding carboxylic acids is 1. The van der Waals surface area contributed by atoms with Crippen LogP contribution in [0.1, 0.15) is 10.4 Å². The summed E-state index contributed by atoms with van der Waals surface area (Å²) in [6.45, 7) is 1.63. The molecule has 1 rings (SSSR count). The van der Waals surface area contributed by atoms with Gasteiger partial charge in [0.1, 0.15) is 7.80 Å². The molecule has 0 heterocycles. The Labute approximate surface area is 66.0 Å². The Kier molecular flexibility index (Phi) is 2.61. The van der Waals surface area contributed by atoms with E-state index < -0.39 is 7.80 Å². The summed E-state index contributed by atoms with van der Waals surface area (Å²) in [5.74, 6) is 0. The molecule has 0 bridgehead atoms. The van der Waals surface area contributed by atoms with Crippen LogP contribution in [0.5, 0.6) is 0 Å². The van der Waals surface area contributed by atoms with E-state index in [0.29, 0.717) is 10.9 Å². The molecular weight excluding hydrogens is 159 g/mol. The van der Waals surface area contributed by atoms with Crippen LogP contribution in [0.15, 0.2) is 24.3 Å². The Hall–Kier alpha value is -0.880. The van der Waals surface area contributed by atoms with Crippen molar-refractivity contribution < 1.29 is 9.36 Å². The van der Waals surface area contributed by atoms with Gasteiger partial charge >= 0.3 is 0 Å². The molecule has 11 heavy (non-hydrogen) atoms. The van der Waals surface area contributed by atoms with Crippen molar-refractivity contribution in [1.29, 1.82) is 0 Å². The monoisotopic (exact) mass is 168 g/mol. The molecule has 1 atom stereocenters. The summed E-state index contributed by atoms with van der Waals surface area (Å²) in [5.41, 5.74) is 0.541. The molecule has 0 radical (unpaired) electrons. The maximum Gasteiger partial charge on any atom is 0.150 e. The lowest BCUT2D eigenvalue weighted by atomic mass is 10.2. The second-order valence-electron chi connectivity index (χ2n) is 2.26. The van der Waals surface area contributed by atoms with E-state index in [1.807, 2.05) is 0 Å². The number of benzene rings is 1.